The fourth-order valence-electron chi connectivity index (χ4n) is 8.23. The lowest BCUT2D eigenvalue weighted by Crippen LogP contribution is -2.21. The first kappa shape index (κ1) is 61.5. The SMILES string of the molecule is [C-]#[N+]c1c(-c2ccc(OC)c(S(=O)(=O)O)c2)nsc1N=Nc1ccc(N(CC)CC)cc1Nc1nc(Nc2cc(N(CC)CC)ccc2N=Nc2snc(-c3ccc(OC)c(S(=O)(=O)O)c3)c2[N+]#[C-])nc(SCc2cccc(S(=O)(=O)O)c2)n1. The van der Waals surface area contributed by atoms with Crippen LogP contribution in [0.15, 0.2) is 137 Å². The Morgan fingerprint density at radius 3 is 1.43 bits per heavy atom. The third-order valence-electron chi connectivity index (χ3n) is 12.3. The summed E-state index contributed by atoms with van der Waals surface area (Å²) < 4.78 is 122. The molecule has 32 heteroatoms. The fourth-order valence-corrected chi connectivity index (χ4v) is 12.3. The van der Waals surface area contributed by atoms with Gasteiger partial charge in [-0.3, -0.25) is 13.7 Å². The maximum atomic E-state index is 12.2. The molecule has 5 aromatic carbocycles. The molecule has 0 aliphatic heterocycles. The molecule has 3 heterocycles. The van der Waals surface area contributed by atoms with Crippen molar-refractivity contribution >= 4 is 133 Å². The number of rotatable bonds is 24. The first-order valence-electron chi connectivity index (χ1n) is 24.8. The van der Waals surface area contributed by atoms with Crippen LogP contribution >= 0.6 is 34.8 Å². The number of azo groups is 2. The number of nitrogens with zero attached hydrogens (tertiary/aromatic N) is 13. The predicted molar refractivity (Wildman–Crippen MR) is 321 cm³/mol. The average Bonchev–Trinajstić information content (AvgIpc) is 4.24. The van der Waals surface area contributed by atoms with Gasteiger partial charge in [0.05, 0.1) is 55.0 Å². The van der Waals surface area contributed by atoms with Crippen LogP contribution in [0.2, 0.25) is 0 Å². The summed E-state index contributed by atoms with van der Waals surface area (Å²) in [6.07, 6.45) is 0. The molecule has 0 saturated heterocycles. The summed E-state index contributed by atoms with van der Waals surface area (Å²) in [4.78, 5) is 24.4. The van der Waals surface area contributed by atoms with Crippen molar-refractivity contribution in [2.75, 3.05) is 60.8 Å². The van der Waals surface area contributed by atoms with E-state index in [0.29, 0.717) is 43.1 Å². The molecule has 0 amide bonds. The van der Waals surface area contributed by atoms with Crippen LogP contribution in [-0.4, -0.2) is 103 Å². The maximum absolute atomic E-state index is 12.2. The van der Waals surface area contributed by atoms with Crippen LogP contribution in [0.5, 0.6) is 11.5 Å². The highest BCUT2D eigenvalue weighted by atomic mass is 32.2. The molecule has 434 valence electrons. The molecule has 0 saturated carbocycles. The van der Waals surface area contributed by atoms with E-state index in [2.05, 4.69) is 59.3 Å². The Morgan fingerprint density at radius 2 is 1.04 bits per heavy atom. The molecule has 0 atom stereocenters. The van der Waals surface area contributed by atoms with Crippen molar-refractivity contribution in [3.63, 3.8) is 0 Å². The van der Waals surface area contributed by atoms with E-state index in [-0.39, 0.29) is 94.5 Å². The monoisotopic (exact) mass is 1250 g/mol. The van der Waals surface area contributed by atoms with Crippen molar-refractivity contribution in [3.8, 4) is 34.0 Å². The van der Waals surface area contributed by atoms with Crippen molar-refractivity contribution in [2.24, 2.45) is 20.5 Å². The summed E-state index contributed by atoms with van der Waals surface area (Å²) >= 11 is 2.79. The zero-order valence-corrected chi connectivity index (χ0v) is 50.0. The van der Waals surface area contributed by atoms with Crippen molar-refractivity contribution in [2.45, 2.75) is 53.3 Å². The van der Waals surface area contributed by atoms with Gasteiger partial charge in [0.15, 0.2) is 15.2 Å². The fraction of sp³-hybridized carbons (Fsp3) is 0.212. The van der Waals surface area contributed by atoms with Gasteiger partial charge in [0.25, 0.3) is 41.7 Å². The molecule has 0 radical (unpaired) electrons. The molecule has 0 spiro atoms. The van der Waals surface area contributed by atoms with Gasteiger partial charge in [0, 0.05) is 43.3 Å². The van der Waals surface area contributed by atoms with Crippen LogP contribution < -0.4 is 29.9 Å². The second kappa shape index (κ2) is 26.3. The number of methoxy groups -OCH3 is 2. The maximum Gasteiger partial charge on any atom is 0.298 e. The number of hydrogen-bond acceptors (Lipinski definition) is 24. The zero-order chi connectivity index (χ0) is 60.5. The topological polar surface area (TPSA) is 335 Å². The molecule has 3 aromatic heterocycles. The van der Waals surface area contributed by atoms with Crippen molar-refractivity contribution in [1.29, 1.82) is 0 Å². The highest BCUT2D eigenvalue weighted by molar-refractivity contribution is 7.98. The van der Waals surface area contributed by atoms with Crippen molar-refractivity contribution in [1.82, 2.24) is 23.7 Å². The summed E-state index contributed by atoms with van der Waals surface area (Å²) in [5, 5.41) is 24.9. The summed E-state index contributed by atoms with van der Waals surface area (Å²) in [6.45, 7) is 26.6. The van der Waals surface area contributed by atoms with E-state index in [0.717, 1.165) is 58.3 Å². The Kier molecular flexibility index (Phi) is 19.3. The molecule has 84 heavy (non-hydrogen) atoms. The lowest BCUT2D eigenvalue weighted by atomic mass is 10.1. The molecular weight excluding hydrogens is 1200 g/mol. The van der Waals surface area contributed by atoms with Gasteiger partial charge >= 0.3 is 0 Å². The van der Waals surface area contributed by atoms with Gasteiger partial charge in [-0.2, -0.15) is 40.2 Å². The Bertz CT molecular complexity index is 4060. The summed E-state index contributed by atoms with van der Waals surface area (Å²) in [5.74, 6) is -0.120. The van der Waals surface area contributed by atoms with E-state index in [1.165, 1.54) is 56.7 Å². The quantitative estimate of drug-likeness (QED) is 0.0162. The van der Waals surface area contributed by atoms with Crippen LogP contribution in [0, 0.1) is 13.1 Å². The number of aromatic nitrogens is 5. The highest BCUT2D eigenvalue weighted by Crippen LogP contribution is 2.46. The largest absolute Gasteiger partial charge is 0.495 e. The van der Waals surface area contributed by atoms with Gasteiger partial charge in [-0.25, -0.2) is 18.4 Å². The third kappa shape index (κ3) is 14.2. The van der Waals surface area contributed by atoms with E-state index in [1.807, 2.05) is 52.0 Å². The van der Waals surface area contributed by atoms with Gasteiger partial charge in [0.1, 0.15) is 32.7 Å². The number of nitrogens with one attached hydrogen (secondary N) is 2. The van der Waals surface area contributed by atoms with E-state index >= 15 is 0 Å². The molecule has 0 fully saturated rings. The molecule has 0 bridgehead atoms. The Balaban J connectivity index is 1.21. The second-order valence-corrected chi connectivity index (χ2v) is 24.0. The highest BCUT2D eigenvalue weighted by Gasteiger charge is 2.25. The van der Waals surface area contributed by atoms with Crippen LogP contribution in [0.4, 0.5) is 67.4 Å². The smallest absolute Gasteiger partial charge is 0.298 e. The minimum absolute atomic E-state index is 0.0106. The Hall–Kier alpha value is -8.57. The number of ether oxygens (including phenoxy) is 2. The second-order valence-electron chi connectivity index (χ2n) is 17.3. The number of anilines is 6. The third-order valence-corrected chi connectivity index (χ3v) is 17.3. The van der Waals surface area contributed by atoms with E-state index in [1.54, 1.807) is 18.2 Å². The average molecular weight is 1250 g/mol. The van der Waals surface area contributed by atoms with E-state index in [9.17, 15) is 38.9 Å². The van der Waals surface area contributed by atoms with Crippen LogP contribution in [-0.2, 0) is 36.1 Å². The summed E-state index contributed by atoms with van der Waals surface area (Å²) in [7, 11) is -11.5. The van der Waals surface area contributed by atoms with E-state index in [4.69, 9.17) is 37.6 Å². The van der Waals surface area contributed by atoms with Gasteiger partial charge < -0.3 is 29.9 Å². The summed E-state index contributed by atoms with van der Waals surface area (Å²) in [6, 6.07) is 24.4. The molecule has 5 N–H and O–H groups in total. The number of benzene rings is 5. The lowest BCUT2D eigenvalue weighted by molar-refractivity contribution is 0.397. The molecule has 0 unspecified atom stereocenters. The van der Waals surface area contributed by atoms with Gasteiger partial charge in [0.2, 0.25) is 11.9 Å². The molecule has 8 rings (SSSR count). The first-order valence-corrected chi connectivity index (χ1v) is 31.6. The number of hydrogen-bond donors (Lipinski definition) is 5. The zero-order valence-electron chi connectivity index (χ0n) is 45.1. The van der Waals surface area contributed by atoms with Gasteiger partial charge in [-0.1, -0.05) is 36.0 Å². The first-order chi connectivity index (χ1) is 40.1. The molecule has 8 aromatic rings. The normalized spacial score (nSPS) is 11.8. The van der Waals surface area contributed by atoms with E-state index < -0.39 is 40.1 Å². The minimum atomic E-state index is -4.73. The van der Waals surface area contributed by atoms with Crippen molar-refractivity contribution in [3.05, 3.63) is 125 Å². The lowest BCUT2D eigenvalue weighted by Gasteiger charge is -2.22. The Labute approximate surface area is 495 Å². The summed E-state index contributed by atoms with van der Waals surface area (Å²) in [5.41, 5.74) is 3.77. The Morgan fingerprint density at radius 1 is 0.583 bits per heavy atom. The minimum Gasteiger partial charge on any atom is -0.495 e. The van der Waals surface area contributed by atoms with Crippen LogP contribution in [0.25, 0.3) is 32.2 Å². The molecular formula is C52H49N15O11S6. The van der Waals surface area contributed by atoms with Crippen LogP contribution in [0.1, 0.15) is 33.3 Å². The molecule has 26 nitrogen and oxygen atoms in total. The van der Waals surface area contributed by atoms with Gasteiger partial charge in [-0.05, 0) is 140 Å². The number of thioether (sulfide) groups is 1. The van der Waals surface area contributed by atoms with Crippen LogP contribution in [0.3, 0.4) is 0 Å². The predicted octanol–water partition coefficient (Wildman–Crippen LogP) is 13.3. The van der Waals surface area contributed by atoms with Gasteiger partial charge in [-0.15, -0.1) is 20.5 Å². The molecule has 0 aliphatic carbocycles. The molecule has 0 aliphatic rings. The van der Waals surface area contributed by atoms with Crippen molar-refractivity contribution < 1.29 is 48.4 Å². The standard InChI is InChI=1S/C52H49N15O11S6/c1-9-66(10-2)33-18-20-36(60-62-48-46(53-5)44(64-80-48)31-16-22-40(77-7)42(25-31)83(71,72)73)38(27-33)55-50-57-51(59-52(58-50)79-29-30-14-13-15-35(24-30)82(68,69)70)56-39-28-34(67(11-3)12-4)19-21-37(39)61-63-49-47(54-6)45(65-81-49)32-17-23-41(78-8)43(26-32)84(74,75)76/h13-28H,9-12,29H2,1-4,7-8H3,(H,68,69,70)(H,71,72,73)(H,74,75,76)(H2,55,56,57,58,59).